The Balaban J connectivity index is 2.21. The van der Waals surface area contributed by atoms with Gasteiger partial charge in [-0.2, -0.15) is 0 Å². The van der Waals surface area contributed by atoms with Crippen LogP contribution in [0.2, 0.25) is 0 Å². The number of benzene rings is 2. The molecule has 0 N–H and O–H groups in total. The number of rotatable bonds is 6. The summed E-state index contributed by atoms with van der Waals surface area (Å²) in [7, 11) is 0. The van der Waals surface area contributed by atoms with E-state index in [0.29, 0.717) is 6.42 Å². The van der Waals surface area contributed by atoms with Crippen molar-refractivity contribution in [2.24, 2.45) is 0 Å². The van der Waals surface area contributed by atoms with E-state index < -0.39 is 35.0 Å². The molecular weight excluding hydrogens is 380 g/mol. The van der Waals surface area contributed by atoms with Crippen molar-refractivity contribution in [3.63, 3.8) is 0 Å². The van der Waals surface area contributed by atoms with E-state index in [1.165, 1.54) is 11.0 Å². The van der Waals surface area contributed by atoms with Crippen molar-refractivity contribution in [2.45, 2.75) is 31.7 Å². The highest BCUT2D eigenvalue weighted by atomic mass is 19.2. The lowest BCUT2D eigenvalue weighted by molar-refractivity contribution is -0.164. The van der Waals surface area contributed by atoms with Crippen molar-refractivity contribution >= 4 is 17.6 Å². The molecule has 154 valence electrons. The van der Waals surface area contributed by atoms with Crippen LogP contribution in [0.5, 0.6) is 0 Å². The molecule has 0 amide bonds. The van der Waals surface area contributed by atoms with E-state index in [1.807, 2.05) is 30.3 Å². The number of hydrogen-bond acceptors (Lipinski definition) is 5. The molecule has 1 unspecified atom stereocenters. The lowest BCUT2D eigenvalue weighted by atomic mass is 9.79. The highest BCUT2D eigenvalue weighted by Gasteiger charge is 2.63. The summed E-state index contributed by atoms with van der Waals surface area (Å²) in [5.41, 5.74) is -0.861. The van der Waals surface area contributed by atoms with Crippen LogP contribution in [0, 0.1) is 11.6 Å². The van der Waals surface area contributed by atoms with Crippen LogP contribution in [-0.2, 0) is 19.1 Å². The van der Waals surface area contributed by atoms with Gasteiger partial charge in [-0.1, -0.05) is 30.3 Å². The van der Waals surface area contributed by atoms with Gasteiger partial charge in [-0.3, -0.25) is 0 Å². The predicted molar refractivity (Wildman–Crippen MR) is 104 cm³/mol. The number of halogens is 2. The van der Waals surface area contributed by atoms with Crippen LogP contribution in [0.3, 0.4) is 0 Å². The Morgan fingerprint density at radius 2 is 1.62 bits per heavy atom. The Labute approximate surface area is 168 Å². The lowest BCUT2D eigenvalue weighted by Crippen LogP contribution is -2.61. The van der Waals surface area contributed by atoms with Gasteiger partial charge in [0.25, 0.3) is 0 Å². The van der Waals surface area contributed by atoms with Gasteiger partial charge in [0.1, 0.15) is 0 Å². The van der Waals surface area contributed by atoms with Gasteiger partial charge < -0.3 is 14.4 Å². The summed E-state index contributed by atoms with van der Waals surface area (Å²) in [6.07, 6.45) is 0.431. The monoisotopic (exact) mass is 403 g/mol. The maximum absolute atomic E-state index is 14.0. The van der Waals surface area contributed by atoms with Crippen LogP contribution in [0.25, 0.3) is 0 Å². The molecule has 2 aromatic rings. The van der Waals surface area contributed by atoms with Crippen molar-refractivity contribution in [2.75, 3.05) is 24.7 Å². The predicted octanol–water partition coefficient (Wildman–Crippen LogP) is 3.82. The largest absolute Gasteiger partial charge is 0.464 e. The van der Waals surface area contributed by atoms with Crippen molar-refractivity contribution in [3.05, 3.63) is 65.7 Å². The third kappa shape index (κ3) is 3.57. The summed E-state index contributed by atoms with van der Waals surface area (Å²) < 4.78 is 38.1. The Morgan fingerprint density at radius 1 is 1.00 bits per heavy atom. The second-order valence-corrected chi connectivity index (χ2v) is 6.71. The molecule has 0 aromatic heterocycles. The molecule has 1 saturated heterocycles. The molecule has 0 bridgehead atoms. The zero-order valence-electron chi connectivity index (χ0n) is 16.4. The molecule has 0 saturated carbocycles. The summed E-state index contributed by atoms with van der Waals surface area (Å²) in [6, 6.07) is 12.4. The fraction of sp³-hybridized carbons (Fsp3) is 0.364. The number of carbonyl (C=O) groups excluding carboxylic acids is 2. The van der Waals surface area contributed by atoms with Gasteiger partial charge >= 0.3 is 11.9 Å². The van der Waals surface area contributed by atoms with Gasteiger partial charge in [-0.15, -0.1) is 0 Å². The quantitative estimate of drug-likeness (QED) is 0.542. The van der Waals surface area contributed by atoms with Crippen LogP contribution in [0.1, 0.15) is 31.7 Å². The molecule has 0 aliphatic carbocycles. The van der Waals surface area contributed by atoms with Crippen molar-refractivity contribution in [1.29, 1.82) is 0 Å². The van der Waals surface area contributed by atoms with Gasteiger partial charge in [-0.05, 0) is 38.0 Å². The fourth-order valence-electron chi connectivity index (χ4n) is 3.98. The average molecular weight is 403 g/mol. The van der Waals surface area contributed by atoms with Crippen molar-refractivity contribution in [1.82, 2.24) is 0 Å². The molecule has 0 spiro atoms. The number of esters is 2. The number of carbonyl (C=O) groups is 2. The minimum absolute atomic E-state index is 0.0626. The van der Waals surface area contributed by atoms with Gasteiger partial charge in [0, 0.05) is 24.2 Å². The maximum Gasteiger partial charge on any atom is 0.344 e. The van der Waals surface area contributed by atoms with Crippen LogP contribution < -0.4 is 4.90 Å². The van der Waals surface area contributed by atoms with E-state index in [4.69, 9.17) is 9.47 Å². The molecule has 1 fully saturated rings. The van der Waals surface area contributed by atoms with Gasteiger partial charge in [-0.25, -0.2) is 18.4 Å². The summed E-state index contributed by atoms with van der Waals surface area (Å²) >= 11 is 0. The number of hydrogen-bond donors (Lipinski definition) is 0. The topological polar surface area (TPSA) is 55.8 Å². The molecule has 1 atom stereocenters. The first-order valence-corrected chi connectivity index (χ1v) is 9.58. The van der Waals surface area contributed by atoms with E-state index in [-0.39, 0.29) is 25.4 Å². The molecule has 5 nitrogen and oxygen atoms in total. The highest BCUT2D eigenvalue weighted by Crippen LogP contribution is 2.46. The van der Waals surface area contributed by atoms with Crippen molar-refractivity contribution in [3.8, 4) is 0 Å². The molecule has 1 heterocycles. The molecule has 1 aliphatic heterocycles. The summed E-state index contributed by atoms with van der Waals surface area (Å²) in [5, 5.41) is 0. The number of nitrogens with zero attached hydrogens (tertiary/aromatic N) is 1. The van der Waals surface area contributed by atoms with Gasteiger partial charge in [0.05, 0.1) is 13.2 Å². The minimum atomic E-state index is -1.84. The number of anilines is 1. The molecule has 2 aromatic carbocycles. The van der Waals surface area contributed by atoms with E-state index in [2.05, 4.69) is 0 Å². The third-order valence-electron chi connectivity index (χ3n) is 5.16. The van der Waals surface area contributed by atoms with Gasteiger partial charge in [0.2, 0.25) is 5.54 Å². The SMILES string of the molecule is CCOC(=O)C1(C(=O)OCC)C(c2ccccc2)CCN1c1ccc(F)c(F)c1. The van der Waals surface area contributed by atoms with Crippen molar-refractivity contribution < 1.29 is 27.8 Å². The molecule has 0 radical (unpaired) electrons. The normalized spacial score (nSPS) is 17.8. The van der Waals surface area contributed by atoms with E-state index in [0.717, 1.165) is 17.7 Å². The smallest absolute Gasteiger partial charge is 0.344 e. The molecule has 29 heavy (non-hydrogen) atoms. The van der Waals surface area contributed by atoms with Crippen LogP contribution >= 0.6 is 0 Å². The Kier molecular flexibility index (Phi) is 6.15. The molecule has 3 rings (SSSR count). The minimum Gasteiger partial charge on any atom is -0.464 e. The van der Waals surface area contributed by atoms with Crippen LogP contribution in [0.15, 0.2) is 48.5 Å². The van der Waals surface area contributed by atoms with Crippen LogP contribution in [-0.4, -0.2) is 37.2 Å². The Morgan fingerprint density at radius 3 is 2.17 bits per heavy atom. The number of ether oxygens (including phenoxy) is 2. The van der Waals surface area contributed by atoms with E-state index in [9.17, 15) is 18.4 Å². The fourth-order valence-corrected chi connectivity index (χ4v) is 3.98. The van der Waals surface area contributed by atoms with Gasteiger partial charge in [0.15, 0.2) is 11.6 Å². The summed E-state index contributed by atoms with van der Waals surface area (Å²) in [4.78, 5) is 28.0. The van der Waals surface area contributed by atoms with E-state index >= 15 is 0 Å². The summed E-state index contributed by atoms with van der Waals surface area (Å²) in [6.45, 7) is 3.68. The zero-order chi connectivity index (χ0) is 21.0. The lowest BCUT2D eigenvalue weighted by Gasteiger charge is -2.39. The maximum atomic E-state index is 14.0. The first kappa shape index (κ1) is 20.8. The Hall–Kier alpha value is -2.96. The van der Waals surface area contributed by atoms with E-state index in [1.54, 1.807) is 13.8 Å². The highest BCUT2D eigenvalue weighted by molar-refractivity contribution is 6.10. The molecule has 1 aliphatic rings. The second kappa shape index (κ2) is 8.59. The first-order chi connectivity index (χ1) is 14.0. The standard InChI is InChI=1S/C22H23F2NO4/c1-3-28-20(26)22(21(27)29-4-2)17(15-8-6-5-7-9-15)12-13-25(22)16-10-11-18(23)19(24)14-16/h5-11,14,17H,3-4,12-13H2,1-2H3. The Bertz CT molecular complexity index is 870. The third-order valence-corrected chi connectivity index (χ3v) is 5.16. The molecule has 7 heteroatoms. The average Bonchev–Trinajstić information content (AvgIpc) is 3.12. The first-order valence-electron chi connectivity index (χ1n) is 9.58. The summed E-state index contributed by atoms with van der Waals surface area (Å²) in [5.74, 6) is -4.18. The molecular formula is C22H23F2NO4. The van der Waals surface area contributed by atoms with Crippen LogP contribution in [0.4, 0.5) is 14.5 Å². The second-order valence-electron chi connectivity index (χ2n) is 6.71. The zero-order valence-corrected chi connectivity index (χ0v) is 16.4.